The third-order valence-electron chi connectivity index (χ3n) is 4.31. The van der Waals surface area contributed by atoms with Crippen molar-refractivity contribution in [1.29, 1.82) is 0 Å². The van der Waals surface area contributed by atoms with Crippen LogP contribution in [0.25, 0.3) is 0 Å². The van der Waals surface area contributed by atoms with Gasteiger partial charge in [-0.2, -0.15) is 0 Å². The molecule has 0 bridgehead atoms. The second-order valence-corrected chi connectivity index (χ2v) is 5.50. The van der Waals surface area contributed by atoms with Crippen LogP contribution in [-0.2, 0) is 4.74 Å². The Labute approximate surface area is 106 Å². The zero-order valence-electron chi connectivity index (χ0n) is 11.5. The molecule has 2 fully saturated rings. The summed E-state index contributed by atoms with van der Waals surface area (Å²) in [5.41, 5.74) is 0. The molecule has 2 heterocycles. The predicted molar refractivity (Wildman–Crippen MR) is 71.3 cm³/mol. The van der Waals surface area contributed by atoms with Crippen molar-refractivity contribution < 1.29 is 4.74 Å². The summed E-state index contributed by atoms with van der Waals surface area (Å²) in [6.45, 7) is 8.95. The van der Waals surface area contributed by atoms with E-state index in [4.69, 9.17) is 4.74 Å². The molecule has 0 radical (unpaired) electrons. The highest BCUT2D eigenvalue weighted by molar-refractivity contribution is 4.89. The monoisotopic (exact) mass is 240 g/mol. The highest BCUT2D eigenvalue weighted by Gasteiger charge is 2.32. The smallest absolute Gasteiger partial charge is 0.0480 e. The van der Waals surface area contributed by atoms with E-state index < -0.39 is 0 Å². The van der Waals surface area contributed by atoms with Gasteiger partial charge in [0.15, 0.2) is 0 Å². The topological polar surface area (TPSA) is 24.5 Å². The van der Waals surface area contributed by atoms with E-state index in [0.717, 1.165) is 25.3 Å². The maximum absolute atomic E-state index is 5.49. The lowest BCUT2D eigenvalue weighted by Crippen LogP contribution is -2.60. The molecule has 0 amide bonds. The molecule has 3 nitrogen and oxygen atoms in total. The first-order valence-electron chi connectivity index (χ1n) is 7.42. The Morgan fingerprint density at radius 2 is 2.00 bits per heavy atom. The zero-order chi connectivity index (χ0) is 12.1. The molecule has 0 aromatic rings. The van der Waals surface area contributed by atoms with Gasteiger partial charge >= 0.3 is 0 Å². The van der Waals surface area contributed by atoms with Gasteiger partial charge in [0.25, 0.3) is 0 Å². The highest BCUT2D eigenvalue weighted by atomic mass is 16.5. The minimum Gasteiger partial charge on any atom is -0.381 e. The standard InChI is InChI=1S/C14H28N2O/c1-3-5-12-11-16(13(4-2)10-15-12)14-6-8-17-9-7-14/h12-15H,3-11H2,1-2H3. The largest absolute Gasteiger partial charge is 0.381 e. The minimum atomic E-state index is 0.714. The lowest BCUT2D eigenvalue weighted by atomic mass is 9.97. The van der Waals surface area contributed by atoms with Crippen molar-refractivity contribution in [3.05, 3.63) is 0 Å². The molecule has 2 aliphatic heterocycles. The van der Waals surface area contributed by atoms with Gasteiger partial charge in [0, 0.05) is 44.4 Å². The van der Waals surface area contributed by atoms with Gasteiger partial charge in [0.1, 0.15) is 0 Å². The van der Waals surface area contributed by atoms with E-state index in [1.165, 1.54) is 45.2 Å². The van der Waals surface area contributed by atoms with E-state index in [-0.39, 0.29) is 0 Å². The number of hydrogen-bond donors (Lipinski definition) is 1. The molecule has 0 spiro atoms. The first-order chi connectivity index (χ1) is 8.35. The molecule has 2 saturated heterocycles. The van der Waals surface area contributed by atoms with Crippen molar-refractivity contribution >= 4 is 0 Å². The predicted octanol–water partition coefficient (Wildman–Crippen LogP) is 2.02. The molecule has 2 aliphatic rings. The van der Waals surface area contributed by atoms with Gasteiger partial charge in [0.2, 0.25) is 0 Å². The van der Waals surface area contributed by atoms with E-state index in [1.54, 1.807) is 0 Å². The van der Waals surface area contributed by atoms with Gasteiger partial charge in [-0.25, -0.2) is 0 Å². The average Bonchev–Trinajstić information content (AvgIpc) is 2.40. The van der Waals surface area contributed by atoms with Gasteiger partial charge in [-0.3, -0.25) is 4.90 Å². The van der Waals surface area contributed by atoms with Crippen LogP contribution < -0.4 is 5.32 Å². The highest BCUT2D eigenvalue weighted by Crippen LogP contribution is 2.22. The van der Waals surface area contributed by atoms with Crippen LogP contribution in [0.4, 0.5) is 0 Å². The number of ether oxygens (including phenoxy) is 1. The molecule has 0 aliphatic carbocycles. The second kappa shape index (κ2) is 6.72. The van der Waals surface area contributed by atoms with Crippen LogP contribution in [0.5, 0.6) is 0 Å². The fourth-order valence-electron chi connectivity index (χ4n) is 3.27. The fraction of sp³-hybridized carbons (Fsp3) is 1.00. The van der Waals surface area contributed by atoms with E-state index in [1.807, 2.05) is 0 Å². The molecule has 17 heavy (non-hydrogen) atoms. The molecule has 2 unspecified atom stereocenters. The van der Waals surface area contributed by atoms with Crippen LogP contribution in [0.2, 0.25) is 0 Å². The lowest BCUT2D eigenvalue weighted by Gasteiger charge is -2.45. The summed E-state index contributed by atoms with van der Waals surface area (Å²) in [5.74, 6) is 0. The van der Waals surface area contributed by atoms with Crippen molar-refractivity contribution in [1.82, 2.24) is 10.2 Å². The quantitative estimate of drug-likeness (QED) is 0.813. The Kier molecular flexibility index (Phi) is 5.26. The summed E-state index contributed by atoms with van der Waals surface area (Å²) < 4.78 is 5.49. The Bertz CT molecular complexity index is 216. The number of hydrogen-bond acceptors (Lipinski definition) is 3. The van der Waals surface area contributed by atoms with Crippen molar-refractivity contribution in [2.24, 2.45) is 0 Å². The number of piperazine rings is 1. The SMILES string of the molecule is CCCC1CN(C2CCOCC2)C(CC)CN1. The number of rotatable bonds is 4. The maximum atomic E-state index is 5.49. The van der Waals surface area contributed by atoms with Crippen LogP contribution in [0.3, 0.4) is 0 Å². The second-order valence-electron chi connectivity index (χ2n) is 5.50. The summed E-state index contributed by atoms with van der Waals surface area (Å²) in [6.07, 6.45) is 6.33. The Morgan fingerprint density at radius 1 is 1.24 bits per heavy atom. The van der Waals surface area contributed by atoms with Gasteiger partial charge in [-0.15, -0.1) is 0 Å². The van der Waals surface area contributed by atoms with Crippen molar-refractivity contribution in [3.63, 3.8) is 0 Å². The Hall–Kier alpha value is -0.120. The number of nitrogens with one attached hydrogen (secondary N) is 1. The molecule has 2 atom stereocenters. The van der Waals surface area contributed by atoms with Crippen LogP contribution >= 0.6 is 0 Å². The average molecular weight is 240 g/mol. The van der Waals surface area contributed by atoms with Crippen LogP contribution in [0.15, 0.2) is 0 Å². The van der Waals surface area contributed by atoms with E-state index in [0.29, 0.717) is 6.04 Å². The Morgan fingerprint density at radius 3 is 2.65 bits per heavy atom. The Balaban J connectivity index is 1.93. The summed E-state index contributed by atoms with van der Waals surface area (Å²) >= 11 is 0. The van der Waals surface area contributed by atoms with Crippen LogP contribution in [0.1, 0.15) is 46.0 Å². The van der Waals surface area contributed by atoms with Gasteiger partial charge in [0.05, 0.1) is 0 Å². The molecule has 3 heteroatoms. The summed E-state index contributed by atoms with van der Waals surface area (Å²) in [5, 5.41) is 3.72. The van der Waals surface area contributed by atoms with E-state index in [2.05, 4.69) is 24.1 Å². The van der Waals surface area contributed by atoms with E-state index in [9.17, 15) is 0 Å². The minimum absolute atomic E-state index is 0.714. The third-order valence-corrected chi connectivity index (χ3v) is 4.31. The van der Waals surface area contributed by atoms with Crippen molar-refractivity contribution in [2.45, 2.75) is 64.1 Å². The number of nitrogens with zero attached hydrogens (tertiary/aromatic N) is 1. The van der Waals surface area contributed by atoms with Gasteiger partial charge < -0.3 is 10.1 Å². The van der Waals surface area contributed by atoms with Crippen LogP contribution in [0, 0.1) is 0 Å². The van der Waals surface area contributed by atoms with Crippen molar-refractivity contribution in [2.75, 3.05) is 26.3 Å². The molecule has 2 rings (SSSR count). The molecule has 0 saturated carbocycles. The van der Waals surface area contributed by atoms with Gasteiger partial charge in [-0.1, -0.05) is 20.3 Å². The summed E-state index contributed by atoms with van der Waals surface area (Å²) in [7, 11) is 0. The van der Waals surface area contributed by atoms with E-state index >= 15 is 0 Å². The molecule has 0 aromatic carbocycles. The first kappa shape index (κ1) is 13.3. The molecular formula is C14H28N2O. The summed E-state index contributed by atoms with van der Waals surface area (Å²) in [4.78, 5) is 2.78. The fourth-order valence-corrected chi connectivity index (χ4v) is 3.27. The maximum Gasteiger partial charge on any atom is 0.0480 e. The molecule has 0 aromatic heterocycles. The lowest BCUT2D eigenvalue weighted by molar-refractivity contribution is -0.00113. The van der Waals surface area contributed by atoms with Crippen molar-refractivity contribution in [3.8, 4) is 0 Å². The normalized spacial score (nSPS) is 32.8. The summed E-state index contributed by atoms with van der Waals surface area (Å²) in [6, 6.07) is 2.23. The van der Waals surface area contributed by atoms with Gasteiger partial charge in [-0.05, 0) is 25.7 Å². The van der Waals surface area contributed by atoms with Crippen LogP contribution in [-0.4, -0.2) is 49.3 Å². The molecule has 100 valence electrons. The first-order valence-corrected chi connectivity index (χ1v) is 7.42. The molecular weight excluding hydrogens is 212 g/mol. The third kappa shape index (κ3) is 3.43. The molecule has 1 N–H and O–H groups in total. The zero-order valence-corrected chi connectivity index (χ0v) is 11.5.